The lowest BCUT2D eigenvalue weighted by Crippen LogP contribution is -2.26. The second-order valence-electron chi connectivity index (χ2n) is 4.31. The van der Waals surface area contributed by atoms with Crippen molar-refractivity contribution in [2.75, 3.05) is 43.3 Å². The summed E-state index contributed by atoms with van der Waals surface area (Å²) in [5.74, 6) is 1.32. The van der Waals surface area contributed by atoms with Crippen LogP contribution in [-0.2, 0) is 13.7 Å². The molecule has 156 valence electrons. The van der Waals surface area contributed by atoms with Crippen LogP contribution >= 0.6 is 12.0 Å². The molecule has 1 N–H and O–H groups in total. The normalized spacial score (nSPS) is 14.5. The predicted octanol–water partition coefficient (Wildman–Crippen LogP) is 4.01. The Balaban J connectivity index is 0. The van der Waals surface area contributed by atoms with Crippen molar-refractivity contribution in [3.05, 3.63) is 12.1 Å². The maximum atomic E-state index is 11.9. The summed E-state index contributed by atoms with van der Waals surface area (Å²) >= 11 is 1.22. The largest absolute Gasteiger partial charge is 0.482 e. The Hall–Kier alpha value is -2.00. The molecule has 2 rings (SSSR count). The number of aromatic nitrogens is 1. The molecule has 1 aromatic rings. The fraction of sp³-hybridized carbons (Fsp3) is 0.611. The molecule has 0 saturated carbocycles. The van der Waals surface area contributed by atoms with Gasteiger partial charge in [0.2, 0.25) is 0 Å². The zero-order valence-corrected chi connectivity index (χ0v) is 17.1. The minimum absolute atomic E-state index is 0. The molecule has 0 radical (unpaired) electrons. The fourth-order valence-electron chi connectivity index (χ4n) is 1.95. The van der Waals surface area contributed by atoms with Crippen LogP contribution in [-0.4, -0.2) is 56.5 Å². The Morgan fingerprint density at radius 3 is 2.59 bits per heavy atom. The predicted molar refractivity (Wildman–Crippen MR) is 112 cm³/mol. The van der Waals surface area contributed by atoms with Gasteiger partial charge in [-0.15, -0.1) is 0 Å². The number of nitrogens with zero attached hydrogens (tertiary/aromatic N) is 2. The molecule has 1 aliphatic rings. The first-order valence-electron chi connectivity index (χ1n) is 8.58. The van der Waals surface area contributed by atoms with Gasteiger partial charge in [0, 0.05) is 13.3 Å². The molecule has 1 fully saturated rings. The highest BCUT2D eigenvalue weighted by Gasteiger charge is 2.33. The van der Waals surface area contributed by atoms with Crippen molar-refractivity contribution in [1.29, 1.82) is 0 Å². The summed E-state index contributed by atoms with van der Waals surface area (Å²) < 4.78 is 15.6. The van der Waals surface area contributed by atoms with Gasteiger partial charge in [0.1, 0.15) is 25.1 Å². The monoisotopic (exact) mass is 403 g/mol. The van der Waals surface area contributed by atoms with Crippen molar-refractivity contribution in [2.24, 2.45) is 0 Å². The smallest absolute Gasteiger partial charge is 0.416 e. The van der Waals surface area contributed by atoms with Crippen LogP contribution in [0.25, 0.3) is 0 Å². The lowest BCUT2D eigenvalue weighted by molar-refractivity contribution is -0.109. The van der Waals surface area contributed by atoms with Crippen LogP contribution in [0.3, 0.4) is 0 Å². The first-order valence-corrected chi connectivity index (χ1v) is 9.73. The van der Waals surface area contributed by atoms with Gasteiger partial charge < -0.3 is 19.0 Å². The van der Waals surface area contributed by atoms with Crippen molar-refractivity contribution in [2.45, 2.75) is 41.2 Å². The number of rotatable bonds is 8. The third kappa shape index (κ3) is 8.49. The summed E-state index contributed by atoms with van der Waals surface area (Å²) in [7, 11) is 1.68. The van der Waals surface area contributed by atoms with Gasteiger partial charge >= 0.3 is 6.09 Å². The number of pyridine rings is 1. The number of carbonyl (C=O) groups is 2. The summed E-state index contributed by atoms with van der Waals surface area (Å²) in [6, 6.07) is 3.29. The molecule has 0 aromatic carbocycles. The number of nitrogens with one attached hydrogen (secondary N) is 1. The minimum atomic E-state index is -0.467. The number of hydrogen-bond donors (Lipinski definition) is 1. The Kier molecular flexibility index (Phi) is 16.3. The SMILES string of the molecule is C.CC.CC.CNc1nc(N2CC(COSC)OC2=O)ccc1OCC=O. The van der Waals surface area contributed by atoms with Gasteiger partial charge in [-0.3, -0.25) is 9.69 Å². The van der Waals surface area contributed by atoms with Gasteiger partial charge in [-0.05, 0) is 24.2 Å². The van der Waals surface area contributed by atoms with Crippen LogP contribution < -0.4 is 15.0 Å². The van der Waals surface area contributed by atoms with Crippen molar-refractivity contribution in [3.63, 3.8) is 0 Å². The third-order valence-corrected chi connectivity index (χ3v) is 3.28. The average molecular weight is 404 g/mol. The molecule has 1 saturated heterocycles. The standard InChI is InChI=1S/C13H17N3O5S.2C2H6.CH4/c1-14-12-10(19-6-5-17)3-4-11(15-12)16-7-9(8-20-22-2)21-13(16)18;2*1-2;/h3-5,9H,6-8H2,1-2H3,(H,14,15);2*1-2H3;1H4. The van der Waals surface area contributed by atoms with E-state index in [9.17, 15) is 9.59 Å². The maximum Gasteiger partial charge on any atom is 0.416 e. The van der Waals surface area contributed by atoms with E-state index in [0.717, 1.165) is 0 Å². The van der Waals surface area contributed by atoms with Crippen LogP contribution in [0.4, 0.5) is 16.4 Å². The zero-order valence-electron chi connectivity index (χ0n) is 16.3. The van der Waals surface area contributed by atoms with Crippen LogP contribution in [0.5, 0.6) is 5.75 Å². The molecule has 27 heavy (non-hydrogen) atoms. The first-order chi connectivity index (χ1) is 12.7. The molecular weight excluding hydrogens is 370 g/mol. The second kappa shape index (κ2) is 16.2. The van der Waals surface area contributed by atoms with E-state index in [-0.39, 0.29) is 20.1 Å². The van der Waals surface area contributed by atoms with Gasteiger partial charge in [-0.2, -0.15) is 0 Å². The van der Waals surface area contributed by atoms with Crippen LogP contribution in [0, 0.1) is 0 Å². The molecule has 1 aromatic heterocycles. The van der Waals surface area contributed by atoms with Gasteiger partial charge in [0.05, 0.1) is 6.54 Å². The summed E-state index contributed by atoms with van der Waals surface area (Å²) in [6.07, 6.45) is 1.66. The molecule has 1 atom stereocenters. The maximum absolute atomic E-state index is 11.9. The molecule has 9 heteroatoms. The van der Waals surface area contributed by atoms with Crippen molar-refractivity contribution in [1.82, 2.24) is 4.98 Å². The number of amides is 1. The van der Waals surface area contributed by atoms with E-state index in [0.29, 0.717) is 36.8 Å². The Morgan fingerprint density at radius 2 is 2.04 bits per heavy atom. The highest BCUT2D eigenvalue weighted by Crippen LogP contribution is 2.28. The average Bonchev–Trinajstić information content (AvgIpc) is 3.08. The molecular formula is C18H33N3O5S. The lowest BCUT2D eigenvalue weighted by Gasteiger charge is -2.15. The lowest BCUT2D eigenvalue weighted by atomic mass is 10.3. The molecule has 1 amide bonds. The molecule has 1 unspecified atom stereocenters. The minimum Gasteiger partial charge on any atom is -0.482 e. The van der Waals surface area contributed by atoms with E-state index in [4.69, 9.17) is 13.7 Å². The number of hydrogen-bond acceptors (Lipinski definition) is 8. The van der Waals surface area contributed by atoms with Crippen LogP contribution in [0.2, 0.25) is 0 Å². The fourth-order valence-corrected chi connectivity index (χ4v) is 2.23. The zero-order chi connectivity index (χ0) is 19.9. The van der Waals surface area contributed by atoms with Gasteiger partial charge in [0.15, 0.2) is 17.9 Å². The van der Waals surface area contributed by atoms with Gasteiger partial charge in [-0.25, -0.2) is 9.78 Å². The Morgan fingerprint density at radius 1 is 1.37 bits per heavy atom. The summed E-state index contributed by atoms with van der Waals surface area (Å²) in [5, 5.41) is 2.87. The molecule has 1 aliphatic heterocycles. The van der Waals surface area contributed by atoms with E-state index in [1.54, 1.807) is 25.4 Å². The molecule has 8 nitrogen and oxygen atoms in total. The molecule has 2 heterocycles. The molecule has 0 spiro atoms. The van der Waals surface area contributed by atoms with Crippen LogP contribution in [0.15, 0.2) is 12.1 Å². The van der Waals surface area contributed by atoms with Crippen molar-refractivity contribution in [3.8, 4) is 5.75 Å². The highest BCUT2D eigenvalue weighted by molar-refractivity contribution is 7.93. The Bertz CT molecular complexity index is 546. The van der Waals surface area contributed by atoms with E-state index < -0.39 is 6.09 Å². The second-order valence-corrected chi connectivity index (χ2v) is 4.88. The first kappa shape index (κ1) is 27.2. The number of anilines is 2. The van der Waals surface area contributed by atoms with Crippen molar-refractivity contribution < 1.29 is 23.2 Å². The van der Waals surface area contributed by atoms with Crippen LogP contribution in [0.1, 0.15) is 35.1 Å². The number of aldehydes is 1. The van der Waals surface area contributed by atoms with E-state index in [1.165, 1.54) is 16.9 Å². The summed E-state index contributed by atoms with van der Waals surface area (Å²) in [6.45, 7) is 8.63. The molecule has 0 aliphatic carbocycles. The molecule has 0 bridgehead atoms. The third-order valence-electron chi connectivity index (χ3n) is 2.91. The van der Waals surface area contributed by atoms with E-state index >= 15 is 0 Å². The number of carbonyl (C=O) groups excluding carboxylic acids is 2. The Labute approximate surface area is 167 Å². The van der Waals surface area contributed by atoms with E-state index in [2.05, 4.69) is 10.3 Å². The quantitative estimate of drug-likeness (QED) is 0.514. The summed E-state index contributed by atoms with van der Waals surface area (Å²) in [5.41, 5.74) is 0. The number of ether oxygens (including phenoxy) is 2. The van der Waals surface area contributed by atoms with Gasteiger partial charge in [0.25, 0.3) is 0 Å². The van der Waals surface area contributed by atoms with E-state index in [1.807, 2.05) is 27.7 Å². The highest BCUT2D eigenvalue weighted by atomic mass is 32.2. The number of cyclic esters (lactones) is 1. The topological polar surface area (TPSA) is 90.0 Å². The van der Waals surface area contributed by atoms with Crippen molar-refractivity contribution >= 4 is 36.1 Å². The summed E-state index contributed by atoms with van der Waals surface area (Å²) in [4.78, 5) is 28.0. The van der Waals surface area contributed by atoms with Gasteiger partial charge in [-0.1, -0.05) is 35.1 Å².